The van der Waals surface area contributed by atoms with Gasteiger partial charge in [-0.05, 0) is 25.7 Å². The van der Waals surface area contributed by atoms with Gasteiger partial charge in [-0.25, -0.2) is 0 Å². The number of nitrogens with one attached hydrogen (secondary N) is 1. The van der Waals surface area contributed by atoms with Crippen molar-refractivity contribution < 1.29 is 4.79 Å². The zero-order valence-corrected chi connectivity index (χ0v) is 16.3. The highest BCUT2D eigenvalue weighted by Gasteiger charge is 2.18. The lowest BCUT2D eigenvalue weighted by Gasteiger charge is -2.36. The van der Waals surface area contributed by atoms with Gasteiger partial charge in [0.25, 0.3) is 5.91 Å². The molecule has 0 atom stereocenters. The Morgan fingerprint density at radius 3 is 2.56 bits per heavy atom. The summed E-state index contributed by atoms with van der Waals surface area (Å²) in [6.45, 7) is 6.35. The average Bonchev–Trinajstić information content (AvgIpc) is 2.69. The molecule has 1 aromatic heterocycles. The van der Waals surface area contributed by atoms with Gasteiger partial charge in [0, 0.05) is 52.0 Å². The molecule has 27 heavy (non-hydrogen) atoms. The molecule has 1 fully saturated rings. The first-order valence-electron chi connectivity index (χ1n) is 9.51. The highest BCUT2D eigenvalue weighted by atomic mass is 16.1. The van der Waals surface area contributed by atoms with E-state index in [9.17, 15) is 4.79 Å². The van der Waals surface area contributed by atoms with Crippen LogP contribution in [0.4, 0.5) is 5.69 Å². The highest BCUT2D eigenvalue weighted by molar-refractivity contribution is 5.94. The Morgan fingerprint density at radius 2 is 1.85 bits per heavy atom. The molecule has 6 heteroatoms. The second-order valence-corrected chi connectivity index (χ2v) is 7.24. The molecule has 1 N–H and O–H groups in total. The lowest BCUT2D eigenvalue weighted by atomic mass is 10.2. The van der Waals surface area contributed by atoms with Crippen LogP contribution in [0.2, 0.25) is 0 Å². The summed E-state index contributed by atoms with van der Waals surface area (Å²) < 4.78 is 0. The predicted molar refractivity (Wildman–Crippen MR) is 109 cm³/mol. The van der Waals surface area contributed by atoms with Crippen LogP contribution >= 0.6 is 0 Å². The molecule has 0 spiro atoms. The highest BCUT2D eigenvalue weighted by Crippen LogP contribution is 2.18. The van der Waals surface area contributed by atoms with Crippen molar-refractivity contribution in [1.82, 2.24) is 20.1 Å². The zero-order chi connectivity index (χ0) is 19.1. The summed E-state index contributed by atoms with van der Waals surface area (Å²) in [6, 6.07) is 12.5. The molecule has 2 heterocycles. The largest absolute Gasteiger partial charge is 0.368 e. The maximum Gasteiger partial charge on any atom is 0.252 e. The van der Waals surface area contributed by atoms with Crippen LogP contribution < -0.4 is 10.2 Å². The van der Waals surface area contributed by atoms with E-state index in [1.165, 1.54) is 5.56 Å². The van der Waals surface area contributed by atoms with Gasteiger partial charge in [-0.1, -0.05) is 30.3 Å². The van der Waals surface area contributed by atoms with E-state index in [0.29, 0.717) is 12.1 Å². The van der Waals surface area contributed by atoms with E-state index in [0.717, 1.165) is 45.0 Å². The first-order chi connectivity index (χ1) is 13.1. The normalized spacial score (nSPS) is 15.1. The van der Waals surface area contributed by atoms with Crippen molar-refractivity contribution in [2.75, 3.05) is 58.3 Å². The summed E-state index contributed by atoms with van der Waals surface area (Å²) in [6.07, 6.45) is 3.49. The number of likely N-dealkylation sites (N-methyl/N-ethyl adjacent to an activating group) is 1. The van der Waals surface area contributed by atoms with Crippen molar-refractivity contribution >= 4 is 11.6 Å². The summed E-state index contributed by atoms with van der Waals surface area (Å²) in [5, 5.41) is 2.95. The molecular weight excluding hydrogens is 338 g/mol. The third kappa shape index (κ3) is 5.77. The molecular formula is C21H29N5O. The molecule has 0 bridgehead atoms. The molecule has 6 nitrogen and oxygen atoms in total. The number of carbonyl (C=O) groups excluding carboxylic acids is 1. The van der Waals surface area contributed by atoms with Crippen molar-refractivity contribution in [2.24, 2.45) is 0 Å². The van der Waals surface area contributed by atoms with Crippen molar-refractivity contribution in [3.05, 3.63) is 59.9 Å². The second-order valence-electron chi connectivity index (χ2n) is 7.24. The molecule has 0 radical (unpaired) electrons. The van der Waals surface area contributed by atoms with Crippen LogP contribution in [0, 0.1) is 0 Å². The molecule has 144 valence electrons. The standard InChI is InChI=1S/C21H29N5O/c1-24(2)9-8-23-21(27)19-14-20(16-22-15-19)26-12-10-25(11-13-26)17-18-6-4-3-5-7-18/h3-7,14-16H,8-13,17H2,1-2H3,(H,23,27). The summed E-state index contributed by atoms with van der Waals surface area (Å²) in [4.78, 5) is 23.4. The number of piperazine rings is 1. The van der Waals surface area contributed by atoms with Gasteiger partial charge in [-0.15, -0.1) is 0 Å². The minimum atomic E-state index is -0.0612. The van der Waals surface area contributed by atoms with Crippen LogP contribution in [0.15, 0.2) is 48.8 Å². The number of hydrogen-bond acceptors (Lipinski definition) is 5. The predicted octanol–water partition coefficient (Wildman–Crippen LogP) is 1.70. The van der Waals surface area contributed by atoms with Crippen molar-refractivity contribution in [3.8, 4) is 0 Å². The molecule has 0 unspecified atom stereocenters. The lowest BCUT2D eigenvalue weighted by molar-refractivity contribution is 0.0950. The summed E-state index contributed by atoms with van der Waals surface area (Å²) in [5.41, 5.74) is 3.00. The Hall–Kier alpha value is -2.44. The Labute approximate surface area is 161 Å². The number of benzene rings is 1. The van der Waals surface area contributed by atoms with Crippen LogP contribution in [0.3, 0.4) is 0 Å². The van der Waals surface area contributed by atoms with Gasteiger partial charge in [0.2, 0.25) is 0 Å². The molecule has 1 amide bonds. The number of rotatable bonds is 7. The van der Waals surface area contributed by atoms with Crippen LogP contribution in [0.1, 0.15) is 15.9 Å². The maximum absolute atomic E-state index is 12.3. The van der Waals surface area contributed by atoms with Crippen molar-refractivity contribution in [1.29, 1.82) is 0 Å². The SMILES string of the molecule is CN(C)CCNC(=O)c1cncc(N2CCN(Cc3ccccc3)CC2)c1. The summed E-state index contributed by atoms with van der Waals surface area (Å²) in [7, 11) is 3.98. The number of carbonyl (C=O) groups is 1. The van der Waals surface area contributed by atoms with Crippen molar-refractivity contribution in [3.63, 3.8) is 0 Å². The third-order valence-electron chi connectivity index (χ3n) is 4.82. The van der Waals surface area contributed by atoms with E-state index in [1.54, 1.807) is 6.20 Å². The minimum Gasteiger partial charge on any atom is -0.368 e. The molecule has 1 aromatic carbocycles. The van der Waals surface area contributed by atoms with E-state index in [4.69, 9.17) is 0 Å². The van der Waals surface area contributed by atoms with Gasteiger partial charge in [0.05, 0.1) is 17.4 Å². The van der Waals surface area contributed by atoms with Crippen LogP contribution in [0.5, 0.6) is 0 Å². The van der Waals surface area contributed by atoms with E-state index in [-0.39, 0.29) is 5.91 Å². The first-order valence-corrected chi connectivity index (χ1v) is 9.51. The first kappa shape index (κ1) is 19.3. The van der Waals surface area contributed by atoms with E-state index < -0.39 is 0 Å². The number of amides is 1. The Morgan fingerprint density at radius 1 is 1.11 bits per heavy atom. The van der Waals surface area contributed by atoms with Crippen molar-refractivity contribution in [2.45, 2.75) is 6.54 Å². The Balaban J connectivity index is 1.53. The third-order valence-corrected chi connectivity index (χ3v) is 4.82. The fourth-order valence-electron chi connectivity index (χ4n) is 3.23. The summed E-state index contributed by atoms with van der Waals surface area (Å²) >= 11 is 0. The van der Waals surface area contributed by atoms with Gasteiger partial charge in [-0.3, -0.25) is 14.7 Å². The fourth-order valence-corrected chi connectivity index (χ4v) is 3.23. The monoisotopic (exact) mass is 367 g/mol. The van der Waals surface area contributed by atoms with Crippen LogP contribution in [0.25, 0.3) is 0 Å². The quantitative estimate of drug-likeness (QED) is 0.807. The molecule has 0 aliphatic carbocycles. The number of hydrogen-bond donors (Lipinski definition) is 1. The van der Waals surface area contributed by atoms with Gasteiger partial charge < -0.3 is 15.1 Å². The number of anilines is 1. The zero-order valence-electron chi connectivity index (χ0n) is 16.3. The molecule has 1 aliphatic heterocycles. The number of pyridine rings is 1. The number of nitrogens with zero attached hydrogens (tertiary/aromatic N) is 4. The van der Waals surface area contributed by atoms with E-state index in [1.807, 2.05) is 31.3 Å². The lowest BCUT2D eigenvalue weighted by Crippen LogP contribution is -2.46. The maximum atomic E-state index is 12.3. The van der Waals surface area contributed by atoms with Gasteiger partial charge in [0.1, 0.15) is 0 Å². The van der Waals surface area contributed by atoms with Crippen LogP contribution in [-0.4, -0.2) is 74.1 Å². The van der Waals surface area contributed by atoms with Crippen LogP contribution in [-0.2, 0) is 6.54 Å². The molecule has 0 saturated carbocycles. The Kier molecular flexibility index (Phi) is 6.79. The van der Waals surface area contributed by atoms with Gasteiger partial charge in [0.15, 0.2) is 0 Å². The second kappa shape index (κ2) is 9.48. The molecule has 1 aliphatic rings. The smallest absolute Gasteiger partial charge is 0.252 e. The molecule has 1 saturated heterocycles. The van der Waals surface area contributed by atoms with Gasteiger partial charge in [-0.2, -0.15) is 0 Å². The fraction of sp³-hybridized carbons (Fsp3) is 0.429. The number of aromatic nitrogens is 1. The van der Waals surface area contributed by atoms with E-state index >= 15 is 0 Å². The summed E-state index contributed by atoms with van der Waals surface area (Å²) in [5.74, 6) is -0.0612. The minimum absolute atomic E-state index is 0.0612. The Bertz CT molecular complexity index is 726. The van der Waals surface area contributed by atoms with Gasteiger partial charge >= 0.3 is 0 Å². The van der Waals surface area contributed by atoms with E-state index in [2.05, 4.69) is 50.4 Å². The topological polar surface area (TPSA) is 51.7 Å². The average molecular weight is 367 g/mol. The molecule has 3 rings (SSSR count). The molecule has 2 aromatic rings.